The van der Waals surface area contributed by atoms with Crippen LogP contribution < -0.4 is 5.56 Å². The number of rotatable bonds is 7. The van der Waals surface area contributed by atoms with E-state index in [1.807, 2.05) is 33.8 Å². The van der Waals surface area contributed by atoms with Crippen molar-refractivity contribution in [2.24, 2.45) is 5.92 Å². The Bertz CT molecular complexity index is 639. The first-order valence-corrected chi connectivity index (χ1v) is 7.31. The van der Waals surface area contributed by atoms with E-state index in [1.54, 1.807) is 10.8 Å². The minimum Gasteiger partial charge on any atom is -0.489 e. The number of pyridine rings is 1. The lowest BCUT2D eigenvalue weighted by molar-refractivity contribution is 0.201. The second-order valence-electron chi connectivity index (χ2n) is 5.80. The normalized spacial score (nSPS) is 11.9. The van der Waals surface area contributed by atoms with Gasteiger partial charge in [-0.25, -0.2) is 4.39 Å². The van der Waals surface area contributed by atoms with Crippen molar-refractivity contribution in [3.63, 3.8) is 0 Å². The highest BCUT2D eigenvalue weighted by atomic mass is 19.1. The predicted molar refractivity (Wildman–Crippen MR) is 88.2 cm³/mol. The average molecular weight is 305 g/mol. The summed E-state index contributed by atoms with van der Waals surface area (Å²) in [5.41, 5.74) is 1.34. The Balaban J connectivity index is 2.90. The molecule has 0 spiro atoms. The monoisotopic (exact) mass is 305 g/mol. The third-order valence-corrected chi connectivity index (χ3v) is 3.26. The van der Waals surface area contributed by atoms with E-state index < -0.39 is 5.83 Å². The summed E-state index contributed by atoms with van der Waals surface area (Å²) in [6.45, 7) is 15.1. The van der Waals surface area contributed by atoms with E-state index in [-0.39, 0.29) is 24.1 Å². The standard InChI is InChI=1S/C18H24FNO2/c1-12(2)15(6)17(9-14(5)19)22-11-16-7-8-20(13(3)4)18(21)10-16/h7-10,12-13H,5-6,11H2,1-4H3/b17-9+. The van der Waals surface area contributed by atoms with E-state index >= 15 is 0 Å². The Labute approximate surface area is 131 Å². The average Bonchev–Trinajstić information content (AvgIpc) is 2.41. The first-order chi connectivity index (χ1) is 10.2. The lowest BCUT2D eigenvalue weighted by Gasteiger charge is -2.16. The van der Waals surface area contributed by atoms with Gasteiger partial charge in [0.25, 0.3) is 5.56 Å². The van der Waals surface area contributed by atoms with E-state index in [2.05, 4.69) is 13.2 Å². The van der Waals surface area contributed by atoms with Crippen LogP contribution in [0.2, 0.25) is 0 Å². The Kier molecular flexibility index (Phi) is 6.35. The van der Waals surface area contributed by atoms with Gasteiger partial charge in [0.15, 0.2) is 0 Å². The van der Waals surface area contributed by atoms with Gasteiger partial charge in [-0.1, -0.05) is 27.0 Å². The zero-order valence-corrected chi connectivity index (χ0v) is 13.7. The minimum atomic E-state index is -0.591. The molecule has 120 valence electrons. The van der Waals surface area contributed by atoms with Gasteiger partial charge in [0.1, 0.15) is 18.2 Å². The van der Waals surface area contributed by atoms with E-state index in [1.165, 1.54) is 12.1 Å². The molecule has 0 aliphatic rings. The Morgan fingerprint density at radius 3 is 2.45 bits per heavy atom. The first kappa shape index (κ1) is 18.0. The number of ether oxygens (including phenoxy) is 1. The van der Waals surface area contributed by atoms with E-state index in [0.717, 1.165) is 5.56 Å². The van der Waals surface area contributed by atoms with Gasteiger partial charge in [-0.15, -0.1) is 0 Å². The molecular formula is C18H24FNO2. The van der Waals surface area contributed by atoms with Crippen LogP contribution >= 0.6 is 0 Å². The molecule has 0 N–H and O–H groups in total. The van der Waals surface area contributed by atoms with Crippen LogP contribution in [-0.2, 0) is 11.3 Å². The predicted octanol–water partition coefficient (Wildman–Crippen LogP) is 4.53. The maximum Gasteiger partial charge on any atom is 0.251 e. The Morgan fingerprint density at radius 1 is 1.36 bits per heavy atom. The van der Waals surface area contributed by atoms with Crippen LogP contribution in [0, 0.1) is 5.92 Å². The van der Waals surface area contributed by atoms with Crippen LogP contribution in [-0.4, -0.2) is 4.57 Å². The van der Waals surface area contributed by atoms with Crippen molar-refractivity contribution in [2.75, 3.05) is 0 Å². The second kappa shape index (κ2) is 7.78. The lowest BCUT2D eigenvalue weighted by atomic mass is 10.0. The molecule has 1 aromatic rings. The van der Waals surface area contributed by atoms with Gasteiger partial charge < -0.3 is 9.30 Å². The fraction of sp³-hybridized carbons (Fsp3) is 0.389. The molecule has 1 aromatic heterocycles. The molecule has 0 fully saturated rings. The Morgan fingerprint density at radius 2 is 2.00 bits per heavy atom. The maximum absolute atomic E-state index is 13.1. The highest BCUT2D eigenvalue weighted by Gasteiger charge is 2.10. The molecule has 0 bridgehead atoms. The van der Waals surface area contributed by atoms with Gasteiger partial charge in [0.05, 0.1) is 0 Å². The van der Waals surface area contributed by atoms with Gasteiger partial charge in [-0.3, -0.25) is 4.79 Å². The quantitative estimate of drug-likeness (QED) is 0.547. The SMILES string of the molecule is C=C(F)/C=C(/OCc1ccn(C(C)C)c(=O)c1)C(=C)C(C)C. The van der Waals surface area contributed by atoms with Crippen molar-refractivity contribution in [2.45, 2.75) is 40.3 Å². The maximum atomic E-state index is 13.1. The molecule has 22 heavy (non-hydrogen) atoms. The summed E-state index contributed by atoms with van der Waals surface area (Å²) in [5.74, 6) is -0.109. The topological polar surface area (TPSA) is 31.2 Å². The van der Waals surface area contributed by atoms with Crippen molar-refractivity contribution in [1.29, 1.82) is 0 Å². The van der Waals surface area contributed by atoms with Crippen LogP contribution in [0.15, 0.2) is 59.5 Å². The summed E-state index contributed by atoms with van der Waals surface area (Å²) >= 11 is 0. The van der Waals surface area contributed by atoms with Gasteiger partial charge in [-0.05, 0) is 37.0 Å². The van der Waals surface area contributed by atoms with Crippen LogP contribution in [0.1, 0.15) is 39.3 Å². The smallest absolute Gasteiger partial charge is 0.251 e. The zero-order chi connectivity index (χ0) is 16.9. The summed E-state index contributed by atoms with van der Waals surface area (Å²) < 4.78 is 20.3. The molecule has 0 aliphatic carbocycles. The van der Waals surface area contributed by atoms with Crippen molar-refractivity contribution in [3.05, 3.63) is 70.6 Å². The molecule has 0 saturated carbocycles. The molecule has 0 radical (unpaired) electrons. The third kappa shape index (κ3) is 5.02. The van der Waals surface area contributed by atoms with Gasteiger partial charge >= 0.3 is 0 Å². The summed E-state index contributed by atoms with van der Waals surface area (Å²) in [4.78, 5) is 11.9. The lowest BCUT2D eigenvalue weighted by Crippen LogP contribution is -2.21. The fourth-order valence-electron chi connectivity index (χ4n) is 1.86. The molecule has 1 rings (SSSR count). The minimum absolute atomic E-state index is 0.0841. The van der Waals surface area contributed by atoms with E-state index in [9.17, 15) is 9.18 Å². The molecule has 3 nitrogen and oxygen atoms in total. The fourth-order valence-corrected chi connectivity index (χ4v) is 1.86. The summed E-state index contributed by atoms with van der Waals surface area (Å²) in [6.07, 6.45) is 2.96. The van der Waals surface area contributed by atoms with Crippen molar-refractivity contribution < 1.29 is 9.13 Å². The molecule has 0 atom stereocenters. The van der Waals surface area contributed by atoms with E-state index in [4.69, 9.17) is 4.74 Å². The van der Waals surface area contributed by atoms with Crippen LogP contribution in [0.4, 0.5) is 4.39 Å². The van der Waals surface area contributed by atoms with Crippen molar-refractivity contribution in [1.82, 2.24) is 4.57 Å². The summed E-state index contributed by atoms with van der Waals surface area (Å²) in [6, 6.07) is 3.45. The molecule has 0 amide bonds. The third-order valence-electron chi connectivity index (χ3n) is 3.26. The second-order valence-corrected chi connectivity index (χ2v) is 5.80. The largest absolute Gasteiger partial charge is 0.489 e. The number of halogens is 1. The number of allylic oxidation sites excluding steroid dienone is 3. The van der Waals surface area contributed by atoms with Crippen LogP contribution in [0.25, 0.3) is 0 Å². The molecule has 0 aliphatic heterocycles. The number of nitrogens with zero attached hydrogens (tertiary/aromatic N) is 1. The van der Waals surface area contributed by atoms with Crippen LogP contribution in [0.5, 0.6) is 0 Å². The molecule has 0 unspecified atom stereocenters. The number of hydrogen-bond acceptors (Lipinski definition) is 2. The van der Waals surface area contributed by atoms with Crippen LogP contribution in [0.3, 0.4) is 0 Å². The summed E-state index contributed by atoms with van der Waals surface area (Å²) in [5, 5.41) is 0. The molecule has 4 heteroatoms. The van der Waals surface area contributed by atoms with Gasteiger partial charge in [0.2, 0.25) is 0 Å². The highest BCUT2D eigenvalue weighted by Crippen LogP contribution is 2.21. The number of hydrogen-bond donors (Lipinski definition) is 0. The molecule has 1 heterocycles. The zero-order valence-electron chi connectivity index (χ0n) is 13.7. The van der Waals surface area contributed by atoms with Crippen molar-refractivity contribution >= 4 is 0 Å². The van der Waals surface area contributed by atoms with Crippen molar-refractivity contribution in [3.8, 4) is 0 Å². The number of aromatic nitrogens is 1. The first-order valence-electron chi connectivity index (χ1n) is 7.31. The van der Waals surface area contributed by atoms with Gasteiger partial charge in [0, 0.05) is 24.4 Å². The molecule has 0 aromatic carbocycles. The van der Waals surface area contributed by atoms with Gasteiger partial charge in [-0.2, -0.15) is 0 Å². The van der Waals surface area contributed by atoms with E-state index in [0.29, 0.717) is 11.3 Å². The molecular weight excluding hydrogens is 281 g/mol. The summed E-state index contributed by atoms with van der Waals surface area (Å²) in [7, 11) is 0. The highest BCUT2D eigenvalue weighted by molar-refractivity contribution is 5.29. The molecule has 0 saturated heterocycles. The Hall–Kier alpha value is -2.10.